The number of aromatic nitrogens is 2. The molecule has 0 amide bonds. The Labute approximate surface area is 114 Å². The maximum Gasteiger partial charge on any atom is 0.331 e. The number of nitrogens with one attached hydrogen (secondary N) is 2. The van der Waals surface area contributed by atoms with Gasteiger partial charge in [-0.3, -0.25) is 36.5 Å². The Morgan fingerprint density at radius 3 is 2.20 bits per heavy atom. The Balaban J connectivity index is 2.95. The van der Waals surface area contributed by atoms with Crippen LogP contribution in [0.2, 0.25) is 0 Å². The zero-order valence-electron chi connectivity index (χ0n) is 10.9. The van der Waals surface area contributed by atoms with Crippen molar-refractivity contribution in [2.75, 3.05) is 13.1 Å². The van der Waals surface area contributed by atoms with E-state index in [0.717, 1.165) is 4.57 Å². The van der Waals surface area contributed by atoms with Gasteiger partial charge in [0.15, 0.2) is 0 Å². The molecule has 1 aromatic rings. The molecule has 1 rings (SSSR count). The SMILES string of the molecule is NNCC(O)Cn1ccc(=O)n(CC(O)CNN)c1=O. The first-order valence-electron chi connectivity index (χ1n) is 6.03. The average Bonchev–Trinajstić information content (AvgIpc) is 2.38. The van der Waals surface area contributed by atoms with Crippen LogP contribution >= 0.6 is 0 Å². The van der Waals surface area contributed by atoms with Crippen molar-refractivity contribution in [3.8, 4) is 0 Å². The van der Waals surface area contributed by atoms with Crippen LogP contribution in [0.4, 0.5) is 0 Å². The van der Waals surface area contributed by atoms with E-state index < -0.39 is 23.5 Å². The third-order valence-corrected chi connectivity index (χ3v) is 2.65. The van der Waals surface area contributed by atoms with Crippen LogP contribution in [0.1, 0.15) is 0 Å². The maximum atomic E-state index is 12.1. The predicted octanol–water partition coefficient (Wildman–Crippen LogP) is -4.34. The molecule has 0 fully saturated rings. The number of hydrazine groups is 2. The number of rotatable bonds is 8. The van der Waals surface area contributed by atoms with E-state index in [1.165, 1.54) is 16.8 Å². The van der Waals surface area contributed by atoms with E-state index in [0.29, 0.717) is 0 Å². The molecule has 0 radical (unpaired) electrons. The summed E-state index contributed by atoms with van der Waals surface area (Å²) in [5, 5.41) is 19.2. The zero-order valence-corrected chi connectivity index (χ0v) is 10.9. The summed E-state index contributed by atoms with van der Waals surface area (Å²) in [6, 6.07) is 1.19. The van der Waals surface area contributed by atoms with Crippen molar-refractivity contribution in [2.24, 2.45) is 11.7 Å². The number of hydrogen-bond donors (Lipinski definition) is 6. The van der Waals surface area contributed by atoms with Crippen LogP contribution in [-0.4, -0.2) is 44.6 Å². The van der Waals surface area contributed by atoms with Crippen molar-refractivity contribution >= 4 is 0 Å². The van der Waals surface area contributed by atoms with Crippen molar-refractivity contribution in [2.45, 2.75) is 25.3 Å². The molecule has 0 aliphatic rings. The molecule has 10 heteroatoms. The molecule has 1 heterocycles. The van der Waals surface area contributed by atoms with Crippen LogP contribution in [0, 0.1) is 0 Å². The quantitative estimate of drug-likeness (QED) is 0.207. The van der Waals surface area contributed by atoms with Gasteiger partial charge in [-0.25, -0.2) is 4.79 Å². The summed E-state index contributed by atoms with van der Waals surface area (Å²) < 4.78 is 2.05. The van der Waals surface area contributed by atoms with Gasteiger partial charge in [0.1, 0.15) is 0 Å². The molecule has 1 aromatic heterocycles. The number of aliphatic hydroxyl groups is 2. The smallest absolute Gasteiger partial charge is 0.331 e. The van der Waals surface area contributed by atoms with Gasteiger partial charge in [0.05, 0.1) is 25.3 Å². The number of nitrogens with two attached hydrogens (primary N) is 2. The third-order valence-electron chi connectivity index (χ3n) is 2.65. The number of hydrogen-bond acceptors (Lipinski definition) is 8. The van der Waals surface area contributed by atoms with Gasteiger partial charge in [-0.15, -0.1) is 0 Å². The van der Waals surface area contributed by atoms with Gasteiger partial charge in [0, 0.05) is 25.4 Å². The molecule has 2 unspecified atom stereocenters. The maximum absolute atomic E-state index is 12.1. The summed E-state index contributed by atoms with van der Waals surface area (Å²) in [4.78, 5) is 23.7. The monoisotopic (exact) mass is 288 g/mol. The first-order chi connectivity index (χ1) is 9.49. The van der Waals surface area contributed by atoms with Gasteiger partial charge in [0.25, 0.3) is 5.56 Å². The van der Waals surface area contributed by atoms with Crippen molar-refractivity contribution in [1.82, 2.24) is 20.0 Å². The Kier molecular flexibility index (Phi) is 6.51. The van der Waals surface area contributed by atoms with Crippen molar-refractivity contribution in [1.29, 1.82) is 0 Å². The van der Waals surface area contributed by atoms with Crippen molar-refractivity contribution < 1.29 is 10.2 Å². The van der Waals surface area contributed by atoms with Crippen LogP contribution in [0.25, 0.3) is 0 Å². The molecule has 0 spiro atoms. The molecule has 8 N–H and O–H groups in total. The first kappa shape index (κ1) is 16.5. The molecule has 20 heavy (non-hydrogen) atoms. The van der Waals surface area contributed by atoms with Crippen LogP contribution in [0.5, 0.6) is 0 Å². The molecule has 0 aliphatic carbocycles. The second-order valence-corrected chi connectivity index (χ2v) is 4.32. The molecule has 10 nitrogen and oxygen atoms in total. The molecule has 114 valence electrons. The number of aliphatic hydroxyl groups excluding tert-OH is 2. The molecule has 2 atom stereocenters. The highest BCUT2D eigenvalue weighted by Crippen LogP contribution is 1.88. The molecule has 0 aromatic carbocycles. The van der Waals surface area contributed by atoms with Crippen LogP contribution in [0.3, 0.4) is 0 Å². The summed E-state index contributed by atoms with van der Waals surface area (Å²) in [5.74, 6) is 10.1. The molecular formula is C10H20N6O4. The lowest BCUT2D eigenvalue weighted by atomic mass is 10.3. The average molecular weight is 288 g/mol. The minimum Gasteiger partial charge on any atom is -0.390 e. The van der Waals surface area contributed by atoms with E-state index >= 15 is 0 Å². The highest BCUT2D eigenvalue weighted by Gasteiger charge is 2.12. The van der Waals surface area contributed by atoms with Gasteiger partial charge < -0.3 is 10.2 Å². The first-order valence-corrected chi connectivity index (χ1v) is 6.03. The second-order valence-electron chi connectivity index (χ2n) is 4.32. The lowest BCUT2D eigenvalue weighted by molar-refractivity contribution is 0.140. The molecular weight excluding hydrogens is 268 g/mol. The topological polar surface area (TPSA) is 161 Å². The Morgan fingerprint density at radius 1 is 1.10 bits per heavy atom. The summed E-state index contributed by atoms with van der Waals surface area (Å²) in [6.07, 6.45) is -0.565. The fraction of sp³-hybridized carbons (Fsp3) is 0.600. The molecule has 0 bridgehead atoms. The Morgan fingerprint density at radius 2 is 1.65 bits per heavy atom. The summed E-state index contributed by atoms with van der Waals surface area (Å²) in [7, 11) is 0. The molecule has 0 saturated carbocycles. The highest BCUT2D eigenvalue weighted by molar-refractivity contribution is 4.87. The Bertz CT molecular complexity index is 527. The van der Waals surface area contributed by atoms with Crippen LogP contribution in [0.15, 0.2) is 21.9 Å². The van der Waals surface area contributed by atoms with Crippen molar-refractivity contribution in [3.63, 3.8) is 0 Å². The summed E-state index contributed by atoms with van der Waals surface area (Å²) in [6.45, 7) is -0.0612. The predicted molar refractivity (Wildman–Crippen MR) is 71.4 cm³/mol. The van der Waals surface area contributed by atoms with E-state index in [2.05, 4.69) is 10.9 Å². The van der Waals surface area contributed by atoms with E-state index in [-0.39, 0.29) is 26.2 Å². The molecule has 0 aliphatic heterocycles. The Hall–Kier alpha value is -1.56. The second kappa shape index (κ2) is 7.89. The van der Waals surface area contributed by atoms with Crippen LogP contribution < -0.4 is 33.8 Å². The van der Waals surface area contributed by atoms with Gasteiger partial charge in [-0.2, -0.15) is 0 Å². The lowest BCUT2D eigenvalue weighted by Crippen LogP contribution is -2.46. The van der Waals surface area contributed by atoms with Gasteiger partial charge >= 0.3 is 5.69 Å². The fourth-order valence-corrected chi connectivity index (χ4v) is 1.70. The highest BCUT2D eigenvalue weighted by atomic mass is 16.3. The van der Waals surface area contributed by atoms with Crippen LogP contribution in [-0.2, 0) is 13.1 Å². The minimum atomic E-state index is -0.975. The summed E-state index contributed by atoms with van der Waals surface area (Å²) >= 11 is 0. The lowest BCUT2D eigenvalue weighted by Gasteiger charge is -2.15. The standard InChI is InChI=1S/C10H20N6O4/c11-13-3-7(17)5-15-2-1-9(19)16(10(15)20)6-8(18)4-14-12/h1-2,7-8,13-14,17-18H,3-6,11-12H2. The number of nitrogens with zero attached hydrogens (tertiary/aromatic N) is 2. The largest absolute Gasteiger partial charge is 0.390 e. The fourth-order valence-electron chi connectivity index (χ4n) is 1.70. The van der Waals surface area contributed by atoms with Crippen molar-refractivity contribution in [3.05, 3.63) is 33.1 Å². The summed E-state index contributed by atoms with van der Waals surface area (Å²) in [5.41, 5.74) is 3.39. The third kappa shape index (κ3) is 4.52. The van der Waals surface area contributed by atoms with E-state index in [1.807, 2.05) is 0 Å². The minimum absolute atomic E-state index is 0.0193. The van der Waals surface area contributed by atoms with Gasteiger partial charge in [-0.1, -0.05) is 0 Å². The molecule has 0 saturated heterocycles. The van der Waals surface area contributed by atoms with E-state index in [4.69, 9.17) is 11.7 Å². The van der Waals surface area contributed by atoms with E-state index in [1.54, 1.807) is 0 Å². The van der Waals surface area contributed by atoms with E-state index in [9.17, 15) is 19.8 Å². The van der Waals surface area contributed by atoms with Gasteiger partial charge in [0.2, 0.25) is 0 Å². The van der Waals surface area contributed by atoms with Gasteiger partial charge in [-0.05, 0) is 0 Å². The zero-order chi connectivity index (χ0) is 15.1. The normalized spacial score (nSPS) is 14.2.